The molecule has 1 rings (SSSR count). The van der Waals surface area contributed by atoms with E-state index in [1.54, 1.807) is 25.1 Å². The second kappa shape index (κ2) is 5.91. The summed E-state index contributed by atoms with van der Waals surface area (Å²) in [5, 5.41) is 9.45. The summed E-state index contributed by atoms with van der Waals surface area (Å²) in [6.45, 7) is 3.68. The predicted octanol–water partition coefficient (Wildman–Crippen LogP) is 1.90. The lowest BCUT2D eigenvalue weighted by atomic mass is 10.2. The van der Waals surface area contributed by atoms with Crippen LogP contribution in [0.1, 0.15) is 18.9 Å². The van der Waals surface area contributed by atoms with Gasteiger partial charge in [-0.05, 0) is 25.5 Å². The summed E-state index contributed by atoms with van der Waals surface area (Å²) >= 11 is 0. The Balaban J connectivity index is 2.55. The van der Waals surface area contributed by atoms with Gasteiger partial charge in [0.2, 0.25) is 0 Å². The first-order valence-electron chi connectivity index (χ1n) is 5.58. The van der Waals surface area contributed by atoms with Crippen LogP contribution < -0.4 is 4.74 Å². The summed E-state index contributed by atoms with van der Waals surface area (Å²) in [5.74, 6) is 0.876. The van der Waals surface area contributed by atoms with E-state index in [2.05, 4.69) is 0 Å². The topological polar surface area (TPSA) is 63.6 Å². The first-order chi connectivity index (χ1) is 7.96. The van der Waals surface area contributed by atoms with Crippen molar-refractivity contribution in [3.05, 3.63) is 23.8 Å². The van der Waals surface area contributed by atoms with Gasteiger partial charge in [-0.2, -0.15) is 0 Å². The second-order valence-electron chi connectivity index (χ2n) is 3.90. The van der Waals surface area contributed by atoms with E-state index >= 15 is 0 Å². The Kier molecular flexibility index (Phi) is 4.81. The molecule has 17 heavy (non-hydrogen) atoms. The van der Waals surface area contributed by atoms with E-state index in [-0.39, 0.29) is 23.9 Å². The van der Waals surface area contributed by atoms with Crippen molar-refractivity contribution >= 4 is 9.84 Å². The summed E-state index contributed by atoms with van der Waals surface area (Å²) < 4.78 is 28.2. The minimum atomic E-state index is -3.01. The Morgan fingerprint density at radius 1 is 1.29 bits per heavy atom. The molecule has 0 saturated carbocycles. The van der Waals surface area contributed by atoms with Gasteiger partial charge < -0.3 is 9.84 Å². The van der Waals surface area contributed by atoms with Crippen LogP contribution in [0.4, 0.5) is 0 Å². The van der Waals surface area contributed by atoms with Crippen LogP contribution in [0.5, 0.6) is 11.5 Å². The van der Waals surface area contributed by atoms with Gasteiger partial charge in [0.25, 0.3) is 0 Å². The molecule has 0 radical (unpaired) electrons. The highest BCUT2D eigenvalue weighted by atomic mass is 32.2. The lowest BCUT2D eigenvalue weighted by Gasteiger charge is -2.10. The Bertz CT molecular complexity index is 465. The van der Waals surface area contributed by atoms with Crippen molar-refractivity contribution in [1.29, 1.82) is 0 Å². The van der Waals surface area contributed by atoms with Crippen LogP contribution >= 0.6 is 0 Å². The van der Waals surface area contributed by atoms with Gasteiger partial charge in [0, 0.05) is 5.56 Å². The molecule has 0 aliphatic heterocycles. The van der Waals surface area contributed by atoms with Crippen LogP contribution in [-0.4, -0.2) is 31.6 Å². The molecule has 0 heterocycles. The molecule has 0 spiro atoms. The van der Waals surface area contributed by atoms with E-state index in [4.69, 9.17) is 4.74 Å². The number of aromatic hydroxyl groups is 1. The molecular weight excluding hydrogens is 240 g/mol. The standard InChI is InChI=1S/C12H18O4S/c1-3-8-17(14,15)9-7-16-12-6-4-5-11(13)10(12)2/h4-6,13H,3,7-9H2,1-2H3. The first kappa shape index (κ1) is 13.8. The van der Waals surface area contributed by atoms with Gasteiger partial charge in [0.15, 0.2) is 9.84 Å². The number of sulfone groups is 1. The van der Waals surface area contributed by atoms with E-state index in [0.29, 0.717) is 17.7 Å². The number of hydrogen-bond acceptors (Lipinski definition) is 4. The molecule has 0 aliphatic rings. The Labute approximate surface area is 102 Å². The van der Waals surface area contributed by atoms with Gasteiger partial charge in [-0.1, -0.05) is 13.0 Å². The molecule has 1 aromatic rings. The van der Waals surface area contributed by atoms with Crippen LogP contribution in [0.15, 0.2) is 18.2 Å². The largest absolute Gasteiger partial charge is 0.508 e. The normalized spacial score (nSPS) is 11.4. The molecule has 0 saturated heterocycles. The minimum Gasteiger partial charge on any atom is -0.508 e. The van der Waals surface area contributed by atoms with Crippen molar-refractivity contribution in [3.8, 4) is 11.5 Å². The van der Waals surface area contributed by atoms with Crippen molar-refractivity contribution in [3.63, 3.8) is 0 Å². The molecule has 0 unspecified atom stereocenters. The Morgan fingerprint density at radius 3 is 2.65 bits per heavy atom. The summed E-state index contributed by atoms with van der Waals surface area (Å²) in [6, 6.07) is 4.94. The molecule has 1 aromatic carbocycles. The highest BCUT2D eigenvalue weighted by Gasteiger charge is 2.10. The van der Waals surface area contributed by atoms with Gasteiger partial charge in [0.05, 0.1) is 11.5 Å². The molecule has 4 nitrogen and oxygen atoms in total. The first-order valence-corrected chi connectivity index (χ1v) is 7.40. The average Bonchev–Trinajstić information content (AvgIpc) is 2.24. The molecule has 0 amide bonds. The third-order valence-corrected chi connectivity index (χ3v) is 4.24. The van der Waals surface area contributed by atoms with E-state index < -0.39 is 9.84 Å². The highest BCUT2D eigenvalue weighted by Crippen LogP contribution is 2.25. The van der Waals surface area contributed by atoms with E-state index in [9.17, 15) is 13.5 Å². The third-order valence-electron chi connectivity index (χ3n) is 2.42. The maximum absolute atomic E-state index is 11.4. The zero-order chi connectivity index (χ0) is 12.9. The van der Waals surface area contributed by atoms with Gasteiger partial charge in [-0.25, -0.2) is 8.42 Å². The molecule has 0 aliphatic carbocycles. The minimum absolute atomic E-state index is 0.00986. The van der Waals surface area contributed by atoms with Crippen LogP contribution in [0.3, 0.4) is 0 Å². The zero-order valence-corrected chi connectivity index (χ0v) is 11.0. The molecule has 1 N–H and O–H groups in total. The monoisotopic (exact) mass is 258 g/mol. The fourth-order valence-electron chi connectivity index (χ4n) is 1.45. The maximum Gasteiger partial charge on any atom is 0.153 e. The number of phenolic OH excluding ortho intramolecular Hbond substituents is 1. The van der Waals surface area contributed by atoms with Gasteiger partial charge in [-0.3, -0.25) is 0 Å². The van der Waals surface area contributed by atoms with E-state index in [1.165, 1.54) is 0 Å². The quantitative estimate of drug-likeness (QED) is 0.846. The molecule has 96 valence electrons. The lowest BCUT2D eigenvalue weighted by molar-refractivity contribution is 0.335. The van der Waals surface area contributed by atoms with E-state index in [1.807, 2.05) is 6.92 Å². The second-order valence-corrected chi connectivity index (χ2v) is 6.20. The van der Waals surface area contributed by atoms with Gasteiger partial charge >= 0.3 is 0 Å². The molecule has 0 aromatic heterocycles. The Hall–Kier alpha value is -1.23. The maximum atomic E-state index is 11.4. The Morgan fingerprint density at radius 2 is 2.00 bits per heavy atom. The zero-order valence-electron chi connectivity index (χ0n) is 10.1. The predicted molar refractivity (Wildman–Crippen MR) is 67.3 cm³/mol. The SMILES string of the molecule is CCCS(=O)(=O)CCOc1cccc(O)c1C. The number of benzene rings is 1. The number of hydrogen-bond donors (Lipinski definition) is 1. The average molecular weight is 258 g/mol. The highest BCUT2D eigenvalue weighted by molar-refractivity contribution is 7.91. The van der Waals surface area contributed by atoms with Crippen LogP contribution in [0.2, 0.25) is 0 Å². The third kappa shape index (κ3) is 4.26. The van der Waals surface area contributed by atoms with Crippen molar-refractivity contribution in [2.45, 2.75) is 20.3 Å². The lowest BCUT2D eigenvalue weighted by Crippen LogP contribution is -2.16. The van der Waals surface area contributed by atoms with Crippen LogP contribution in [0.25, 0.3) is 0 Å². The molecule has 0 fully saturated rings. The molecular formula is C12H18O4S. The summed E-state index contributed by atoms with van der Waals surface area (Å²) in [5.41, 5.74) is 0.625. The van der Waals surface area contributed by atoms with E-state index in [0.717, 1.165) is 0 Å². The van der Waals surface area contributed by atoms with Gasteiger partial charge in [-0.15, -0.1) is 0 Å². The van der Waals surface area contributed by atoms with Gasteiger partial charge in [0.1, 0.15) is 18.1 Å². The summed E-state index contributed by atoms with van der Waals surface area (Å²) in [6.07, 6.45) is 0.619. The smallest absolute Gasteiger partial charge is 0.153 e. The number of ether oxygens (including phenoxy) is 1. The molecule has 0 atom stereocenters. The van der Waals surface area contributed by atoms with Crippen LogP contribution in [-0.2, 0) is 9.84 Å². The summed E-state index contributed by atoms with van der Waals surface area (Å²) in [4.78, 5) is 0. The van der Waals surface area contributed by atoms with Crippen molar-refractivity contribution in [1.82, 2.24) is 0 Å². The fraction of sp³-hybridized carbons (Fsp3) is 0.500. The van der Waals surface area contributed by atoms with Crippen molar-refractivity contribution < 1.29 is 18.3 Å². The van der Waals surface area contributed by atoms with Crippen molar-refractivity contribution in [2.75, 3.05) is 18.1 Å². The van der Waals surface area contributed by atoms with Crippen LogP contribution in [0, 0.1) is 6.92 Å². The van der Waals surface area contributed by atoms with Crippen molar-refractivity contribution in [2.24, 2.45) is 0 Å². The molecule has 5 heteroatoms. The summed E-state index contributed by atoms with van der Waals surface area (Å²) in [7, 11) is -3.01. The number of rotatable bonds is 6. The number of phenols is 1. The molecule has 0 bridgehead atoms. The fourth-order valence-corrected chi connectivity index (χ4v) is 2.61.